The van der Waals surface area contributed by atoms with E-state index >= 15 is 0 Å². The van der Waals surface area contributed by atoms with Crippen molar-refractivity contribution in [3.63, 3.8) is 0 Å². The first kappa shape index (κ1) is 13.1. The Kier molecular flexibility index (Phi) is 3.22. The molecule has 0 saturated carbocycles. The fourth-order valence-electron chi connectivity index (χ4n) is 2.34. The Labute approximate surface area is 121 Å². The molecule has 3 heteroatoms. The van der Waals surface area contributed by atoms with Crippen LogP contribution in [0, 0.1) is 0 Å². The number of ether oxygens (including phenoxy) is 1. The maximum Gasteiger partial charge on any atom is 0.196 e. The molecule has 1 heterocycles. The van der Waals surface area contributed by atoms with Gasteiger partial charge < -0.3 is 4.74 Å². The molecule has 0 unspecified atom stereocenters. The van der Waals surface area contributed by atoms with Crippen LogP contribution in [0.4, 0.5) is 0 Å². The third kappa shape index (κ3) is 2.08. The molecule has 0 N–H and O–H groups in total. The lowest BCUT2D eigenvalue weighted by Crippen LogP contribution is -2.02. The predicted octanol–water partition coefficient (Wildman–Crippen LogP) is 4.55. The number of fused-ring (bicyclic) bond motifs is 2. The topological polar surface area (TPSA) is 26.3 Å². The van der Waals surface area contributed by atoms with E-state index in [0.717, 1.165) is 25.9 Å². The summed E-state index contributed by atoms with van der Waals surface area (Å²) in [4.78, 5) is 12.7. The van der Waals surface area contributed by atoms with E-state index in [4.69, 9.17) is 4.74 Å². The van der Waals surface area contributed by atoms with Crippen molar-refractivity contribution in [3.8, 4) is 5.75 Å². The highest BCUT2D eigenvalue weighted by atomic mass is 32.1. The van der Waals surface area contributed by atoms with Crippen molar-refractivity contribution >= 4 is 31.5 Å². The molecule has 2 nitrogen and oxygen atoms in total. The van der Waals surface area contributed by atoms with Gasteiger partial charge in [0, 0.05) is 20.2 Å². The second kappa shape index (κ2) is 4.91. The average Bonchev–Trinajstić information content (AvgIpc) is 2.47. The summed E-state index contributed by atoms with van der Waals surface area (Å²) in [5.74, 6) is 1.14. The van der Waals surface area contributed by atoms with Crippen molar-refractivity contribution in [2.75, 3.05) is 7.11 Å². The van der Waals surface area contributed by atoms with Crippen LogP contribution in [0.5, 0.6) is 5.75 Å². The summed E-state index contributed by atoms with van der Waals surface area (Å²) < 4.78 is 7.26. The molecule has 3 aromatic rings. The lowest BCUT2D eigenvalue weighted by atomic mass is 10.0. The summed E-state index contributed by atoms with van der Waals surface area (Å²) in [7, 11) is 1.62. The van der Waals surface area contributed by atoms with Crippen LogP contribution in [0.3, 0.4) is 0 Å². The largest absolute Gasteiger partial charge is 0.497 e. The van der Waals surface area contributed by atoms with Gasteiger partial charge in [-0.15, -0.1) is 11.3 Å². The lowest BCUT2D eigenvalue weighted by Gasteiger charge is -2.08. The molecule has 2 aromatic carbocycles. The Morgan fingerprint density at radius 2 is 1.65 bits per heavy atom. The smallest absolute Gasteiger partial charge is 0.196 e. The SMILES string of the molecule is COc1ccc2sc3ccc(C(C)C)cc3c(=O)c2c1. The maximum absolute atomic E-state index is 12.7. The molecular formula is C17H16O2S. The van der Waals surface area contributed by atoms with E-state index in [1.807, 2.05) is 24.3 Å². The Hall–Kier alpha value is -1.87. The van der Waals surface area contributed by atoms with Crippen LogP contribution < -0.4 is 10.2 Å². The quantitative estimate of drug-likeness (QED) is 0.645. The highest BCUT2D eigenvalue weighted by molar-refractivity contribution is 7.24. The van der Waals surface area contributed by atoms with Gasteiger partial charge in [-0.05, 0) is 41.8 Å². The summed E-state index contributed by atoms with van der Waals surface area (Å²) in [6.07, 6.45) is 0. The van der Waals surface area contributed by atoms with Crippen molar-refractivity contribution in [2.45, 2.75) is 19.8 Å². The summed E-state index contributed by atoms with van der Waals surface area (Å²) in [5.41, 5.74) is 1.29. The van der Waals surface area contributed by atoms with Crippen LogP contribution in [0.2, 0.25) is 0 Å². The minimum absolute atomic E-state index is 0.0927. The fraction of sp³-hybridized carbons (Fsp3) is 0.235. The van der Waals surface area contributed by atoms with Crippen LogP contribution in [0.1, 0.15) is 25.3 Å². The fourth-order valence-corrected chi connectivity index (χ4v) is 3.37. The molecule has 0 saturated heterocycles. The summed E-state index contributed by atoms with van der Waals surface area (Å²) in [5, 5.41) is 1.55. The van der Waals surface area contributed by atoms with Crippen molar-refractivity contribution < 1.29 is 4.74 Å². The maximum atomic E-state index is 12.7. The van der Waals surface area contributed by atoms with E-state index in [1.54, 1.807) is 18.4 Å². The Bertz CT molecular complexity index is 847. The molecule has 0 aliphatic heterocycles. The molecule has 3 rings (SSSR count). The van der Waals surface area contributed by atoms with Crippen LogP contribution >= 0.6 is 11.3 Å². The van der Waals surface area contributed by atoms with Gasteiger partial charge in [0.2, 0.25) is 0 Å². The molecule has 0 amide bonds. The zero-order chi connectivity index (χ0) is 14.3. The monoisotopic (exact) mass is 284 g/mol. The van der Waals surface area contributed by atoms with Crippen molar-refractivity contribution in [2.24, 2.45) is 0 Å². The molecule has 0 bridgehead atoms. The second-order valence-electron chi connectivity index (χ2n) is 5.20. The van der Waals surface area contributed by atoms with Crippen LogP contribution in [-0.4, -0.2) is 7.11 Å². The van der Waals surface area contributed by atoms with Gasteiger partial charge in [-0.2, -0.15) is 0 Å². The van der Waals surface area contributed by atoms with Gasteiger partial charge in [0.15, 0.2) is 5.43 Å². The lowest BCUT2D eigenvalue weighted by molar-refractivity contribution is 0.415. The Morgan fingerprint density at radius 1 is 1.00 bits per heavy atom. The molecule has 0 fully saturated rings. The van der Waals surface area contributed by atoms with Crippen molar-refractivity contribution in [1.29, 1.82) is 0 Å². The molecule has 0 spiro atoms. The Morgan fingerprint density at radius 3 is 2.30 bits per heavy atom. The normalized spacial score (nSPS) is 11.4. The minimum atomic E-state index is 0.0927. The molecule has 0 radical (unpaired) electrons. The van der Waals surface area contributed by atoms with E-state index in [-0.39, 0.29) is 5.43 Å². The van der Waals surface area contributed by atoms with Crippen LogP contribution in [-0.2, 0) is 0 Å². The van der Waals surface area contributed by atoms with Crippen molar-refractivity contribution in [1.82, 2.24) is 0 Å². The van der Waals surface area contributed by atoms with E-state index < -0.39 is 0 Å². The zero-order valence-corrected chi connectivity index (χ0v) is 12.6. The van der Waals surface area contributed by atoms with Crippen molar-refractivity contribution in [3.05, 3.63) is 52.2 Å². The predicted molar refractivity (Wildman–Crippen MR) is 86.2 cm³/mol. The number of methoxy groups -OCH3 is 1. The first-order chi connectivity index (χ1) is 9.60. The second-order valence-corrected chi connectivity index (χ2v) is 6.29. The van der Waals surface area contributed by atoms with E-state index in [1.165, 1.54) is 5.56 Å². The van der Waals surface area contributed by atoms with E-state index in [9.17, 15) is 4.79 Å². The molecule has 102 valence electrons. The third-order valence-electron chi connectivity index (χ3n) is 3.57. The molecule has 0 aliphatic carbocycles. The summed E-state index contributed by atoms with van der Waals surface area (Å²) in [6, 6.07) is 11.9. The summed E-state index contributed by atoms with van der Waals surface area (Å²) >= 11 is 1.65. The van der Waals surface area contributed by atoms with Gasteiger partial charge in [0.1, 0.15) is 5.75 Å². The molecule has 20 heavy (non-hydrogen) atoms. The average molecular weight is 284 g/mol. The number of hydrogen-bond donors (Lipinski definition) is 0. The number of benzene rings is 2. The number of rotatable bonds is 2. The van der Waals surface area contributed by atoms with Crippen LogP contribution in [0.15, 0.2) is 41.2 Å². The molecular weight excluding hydrogens is 268 g/mol. The first-order valence-electron chi connectivity index (χ1n) is 6.64. The standard InChI is InChI=1S/C17H16O2S/c1-10(2)11-4-6-15-13(8-11)17(18)14-9-12(19-3)5-7-16(14)20-15/h4-10H,1-3H3. The first-order valence-corrected chi connectivity index (χ1v) is 7.46. The zero-order valence-electron chi connectivity index (χ0n) is 11.8. The summed E-state index contributed by atoms with van der Waals surface area (Å²) in [6.45, 7) is 4.28. The van der Waals surface area contributed by atoms with Gasteiger partial charge in [-0.3, -0.25) is 4.79 Å². The Balaban J connectivity index is 2.39. The highest BCUT2D eigenvalue weighted by Gasteiger charge is 2.09. The van der Waals surface area contributed by atoms with Gasteiger partial charge >= 0.3 is 0 Å². The van der Waals surface area contributed by atoms with E-state index in [2.05, 4.69) is 26.0 Å². The molecule has 0 aliphatic rings. The molecule has 1 aromatic heterocycles. The van der Waals surface area contributed by atoms with Gasteiger partial charge in [0.05, 0.1) is 7.11 Å². The van der Waals surface area contributed by atoms with Gasteiger partial charge in [-0.25, -0.2) is 0 Å². The third-order valence-corrected chi connectivity index (χ3v) is 4.72. The number of hydrogen-bond acceptors (Lipinski definition) is 3. The minimum Gasteiger partial charge on any atom is -0.497 e. The molecule has 0 atom stereocenters. The highest BCUT2D eigenvalue weighted by Crippen LogP contribution is 2.29. The van der Waals surface area contributed by atoms with Gasteiger partial charge in [-0.1, -0.05) is 19.9 Å². The van der Waals surface area contributed by atoms with E-state index in [0.29, 0.717) is 5.92 Å². The van der Waals surface area contributed by atoms with Gasteiger partial charge in [0.25, 0.3) is 0 Å². The van der Waals surface area contributed by atoms with Crippen LogP contribution in [0.25, 0.3) is 20.2 Å².